The average molecular weight is 254 g/mol. The molecule has 1 aromatic rings. The monoisotopic (exact) mass is 254 g/mol. The van der Waals surface area contributed by atoms with Gasteiger partial charge >= 0.3 is 5.97 Å². The predicted octanol–water partition coefficient (Wildman–Crippen LogP) is 0.267. The zero-order valence-corrected chi connectivity index (χ0v) is 10.3. The van der Waals surface area contributed by atoms with Crippen LogP contribution < -0.4 is 5.32 Å². The van der Waals surface area contributed by atoms with Crippen LogP contribution in [0.3, 0.4) is 0 Å². The summed E-state index contributed by atoms with van der Waals surface area (Å²) in [6.45, 7) is 1.51. The molecule has 0 spiro atoms. The Kier molecular flexibility index (Phi) is 6.27. The number of rotatable bonds is 8. The fraction of sp³-hybridized carbons (Fsp3) is 0.500. The van der Waals surface area contributed by atoms with E-state index in [1.807, 2.05) is 0 Å². The molecule has 0 fully saturated rings. The summed E-state index contributed by atoms with van der Waals surface area (Å²) in [5.41, 5.74) is 0.940. The number of hydrogen-bond donors (Lipinski definition) is 3. The third-order valence-electron chi connectivity index (χ3n) is 2.39. The molecule has 0 amide bonds. The lowest BCUT2D eigenvalue weighted by molar-refractivity contribution is 0.0594. The maximum absolute atomic E-state index is 10.6. The second-order valence-electron chi connectivity index (χ2n) is 3.92. The SMILES string of the molecule is COCC(O)CCNCc1ccc(C(=O)O)cn1. The number of aromatic nitrogens is 1. The third-order valence-corrected chi connectivity index (χ3v) is 2.39. The molecule has 0 saturated heterocycles. The van der Waals surface area contributed by atoms with Gasteiger partial charge in [0.05, 0.1) is 24.0 Å². The van der Waals surface area contributed by atoms with Gasteiger partial charge in [0.2, 0.25) is 0 Å². The molecule has 0 aromatic carbocycles. The minimum absolute atomic E-state index is 0.175. The van der Waals surface area contributed by atoms with Crippen LogP contribution in [0.25, 0.3) is 0 Å². The molecule has 6 heteroatoms. The Morgan fingerprint density at radius 1 is 1.56 bits per heavy atom. The zero-order chi connectivity index (χ0) is 13.4. The van der Waals surface area contributed by atoms with Crippen LogP contribution in [0, 0.1) is 0 Å². The third kappa shape index (κ3) is 5.22. The van der Waals surface area contributed by atoms with E-state index in [0.717, 1.165) is 5.69 Å². The van der Waals surface area contributed by atoms with Crippen LogP contribution in [0.15, 0.2) is 18.3 Å². The molecule has 0 aliphatic rings. The molecule has 0 bridgehead atoms. The lowest BCUT2D eigenvalue weighted by Gasteiger charge is -2.09. The first-order valence-electron chi connectivity index (χ1n) is 5.69. The fourth-order valence-corrected chi connectivity index (χ4v) is 1.42. The summed E-state index contributed by atoms with van der Waals surface area (Å²) < 4.78 is 4.81. The van der Waals surface area contributed by atoms with Crippen molar-refractivity contribution >= 4 is 5.97 Å². The van der Waals surface area contributed by atoms with Crippen LogP contribution in [0.2, 0.25) is 0 Å². The van der Waals surface area contributed by atoms with Crippen molar-refractivity contribution in [1.82, 2.24) is 10.3 Å². The summed E-state index contributed by atoms with van der Waals surface area (Å²) in [5, 5.41) is 21.2. The Morgan fingerprint density at radius 3 is 2.89 bits per heavy atom. The van der Waals surface area contributed by atoms with Gasteiger partial charge in [-0.2, -0.15) is 0 Å². The van der Waals surface area contributed by atoms with Crippen molar-refractivity contribution in [3.63, 3.8) is 0 Å². The summed E-state index contributed by atoms with van der Waals surface area (Å²) in [4.78, 5) is 14.6. The van der Waals surface area contributed by atoms with Crippen LogP contribution in [0.4, 0.5) is 0 Å². The van der Waals surface area contributed by atoms with Crippen molar-refractivity contribution in [3.05, 3.63) is 29.6 Å². The van der Waals surface area contributed by atoms with E-state index in [1.54, 1.807) is 13.2 Å². The van der Waals surface area contributed by atoms with Crippen molar-refractivity contribution < 1.29 is 19.7 Å². The van der Waals surface area contributed by atoms with Gasteiger partial charge in [-0.3, -0.25) is 4.98 Å². The van der Waals surface area contributed by atoms with E-state index in [1.165, 1.54) is 12.3 Å². The minimum atomic E-state index is -0.982. The molecule has 1 unspecified atom stereocenters. The number of carboxylic acids is 1. The van der Waals surface area contributed by atoms with E-state index in [2.05, 4.69) is 10.3 Å². The number of carbonyl (C=O) groups is 1. The van der Waals surface area contributed by atoms with Crippen LogP contribution in [-0.4, -0.2) is 47.5 Å². The van der Waals surface area contributed by atoms with Crippen molar-refractivity contribution in [1.29, 1.82) is 0 Å². The van der Waals surface area contributed by atoms with Gasteiger partial charge in [0.15, 0.2) is 0 Å². The van der Waals surface area contributed by atoms with Crippen LogP contribution in [0.1, 0.15) is 22.5 Å². The molecule has 3 N–H and O–H groups in total. The highest BCUT2D eigenvalue weighted by Crippen LogP contribution is 2.00. The first kappa shape index (κ1) is 14.6. The highest BCUT2D eigenvalue weighted by molar-refractivity contribution is 5.87. The maximum atomic E-state index is 10.6. The van der Waals surface area contributed by atoms with E-state index >= 15 is 0 Å². The second kappa shape index (κ2) is 7.75. The minimum Gasteiger partial charge on any atom is -0.478 e. The Hall–Kier alpha value is -1.50. The Labute approximate surface area is 106 Å². The number of aliphatic hydroxyl groups excluding tert-OH is 1. The number of hydrogen-bond acceptors (Lipinski definition) is 5. The van der Waals surface area contributed by atoms with Gasteiger partial charge < -0.3 is 20.3 Å². The number of methoxy groups -OCH3 is 1. The second-order valence-corrected chi connectivity index (χ2v) is 3.92. The maximum Gasteiger partial charge on any atom is 0.337 e. The van der Waals surface area contributed by atoms with Gasteiger partial charge in [0, 0.05) is 19.9 Å². The van der Waals surface area contributed by atoms with Gasteiger partial charge in [-0.15, -0.1) is 0 Å². The van der Waals surface area contributed by atoms with Gasteiger partial charge in [-0.05, 0) is 25.1 Å². The summed E-state index contributed by atoms with van der Waals surface area (Å²) >= 11 is 0. The highest BCUT2D eigenvalue weighted by Gasteiger charge is 2.04. The summed E-state index contributed by atoms with van der Waals surface area (Å²) in [6.07, 6.45) is 1.46. The number of nitrogens with zero attached hydrogens (tertiary/aromatic N) is 1. The highest BCUT2D eigenvalue weighted by atomic mass is 16.5. The molecule has 18 heavy (non-hydrogen) atoms. The lowest BCUT2D eigenvalue weighted by atomic mass is 10.2. The van der Waals surface area contributed by atoms with Gasteiger partial charge in [0.1, 0.15) is 0 Å². The van der Waals surface area contributed by atoms with Crippen molar-refractivity contribution in [2.45, 2.75) is 19.1 Å². The largest absolute Gasteiger partial charge is 0.478 e. The van der Waals surface area contributed by atoms with Gasteiger partial charge in [-0.25, -0.2) is 4.79 Å². The standard InChI is InChI=1S/C12H18N2O4/c1-18-8-11(15)4-5-13-7-10-3-2-9(6-14-10)12(16)17/h2-3,6,11,13,15H,4-5,7-8H2,1H3,(H,16,17). The zero-order valence-electron chi connectivity index (χ0n) is 10.3. The molecule has 0 aliphatic heterocycles. The molecule has 1 aromatic heterocycles. The molecule has 0 saturated carbocycles. The number of nitrogens with one attached hydrogen (secondary N) is 1. The number of aromatic carboxylic acids is 1. The predicted molar refractivity (Wildman–Crippen MR) is 65.4 cm³/mol. The van der Waals surface area contributed by atoms with E-state index in [0.29, 0.717) is 26.1 Å². The fourth-order valence-electron chi connectivity index (χ4n) is 1.42. The number of ether oxygens (including phenoxy) is 1. The Balaban J connectivity index is 2.25. The first-order chi connectivity index (χ1) is 8.63. The Bertz CT molecular complexity index is 367. The molecule has 1 atom stereocenters. The van der Waals surface area contributed by atoms with Crippen LogP contribution in [0.5, 0.6) is 0 Å². The lowest BCUT2D eigenvalue weighted by Crippen LogP contribution is -2.23. The summed E-state index contributed by atoms with van der Waals surface area (Å²) in [6, 6.07) is 3.19. The quantitative estimate of drug-likeness (QED) is 0.577. The normalized spacial score (nSPS) is 12.3. The first-order valence-corrected chi connectivity index (χ1v) is 5.69. The molecule has 0 radical (unpaired) electrons. The van der Waals surface area contributed by atoms with E-state index in [4.69, 9.17) is 9.84 Å². The van der Waals surface area contributed by atoms with Gasteiger partial charge in [-0.1, -0.05) is 0 Å². The van der Waals surface area contributed by atoms with E-state index < -0.39 is 12.1 Å². The summed E-state index contributed by atoms with van der Waals surface area (Å²) in [7, 11) is 1.55. The summed E-state index contributed by atoms with van der Waals surface area (Å²) in [5.74, 6) is -0.982. The number of carboxylic acid groups (broad SMARTS) is 1. The molecule has 1 rings (SSSR count). The van der Waals surface area contributed by atoms with E-state index in [-0.39, 0.29) is 5.56 Å². The van der Waals surface area contributed by atoms with Crippen molar-refractivity contribution in [3.8, 4) is 0 Å². The molecule has 100 valence electrons. The molecule has 1 heterocycles. The van der Waals surface area contributed by atoms with Crippen LogP contribution in [-0.2, 0) is 11.3 Å². The van der Waals surface area contributed by atoms with E-state index in [9.17, 15) is 9.90 Å². The topological polar surface area (TPSA) is 91.7 Å². The van der Waals surface area contributed by atoms with Crippen LogP contribution >= 0.6 is 0 Å². The van der Waals surface area contributed by atoms with Gasteiger partial charge in [0.25, 0.3) is 0 Å². The molecule has 6 nitrogen and oxygen atoms in total. The molecular formula is C12H18N2O4. The molecular weight excluding hydrogens is 236 g/mol. The molecule has 0 aliphatic carbocycles. The number of aliphatic hydroxyl groups is 1. The number of pyridine rings is 1. The smallest absolute Gasteiger partial charge is 0.337 e. The Morgan fingerprint density at radius 2 is 2.33 bits per heavy atom. The van der Waals surface area contributed by atoms with Crippen molar-refractivity contribution in [2.75, 3.05) is 20.3 Å². The van der Waals surface area contributed by atoms with Crippen molar-refractivity contribution in [2.24, 2.45) is 0 Å². The average Bonchev–Trinajstić information content (AvgIpc) is 2.35.